The molecule has 1 aliphatic carbocycles. The Labute approximate surface area is 133 Å². The number of carbonyl (C=O) groups excluding carboxylic acids is 1. The fraction of sp³-hybridized carbons (Fsp3) is 0.636. The molecule has 5 nitrogen and oxygen atoms in total. The normalized spacial score (nSPS) is 16.6. The number of rotatable bonds is 6. The monoisotopic (exact) mass is 475 g/mol. The van der Waals surface area contributed by atoms with E-state index < -0.39 is 0 Å². The van der Waals surface area contributed by atoms with Gasteiger partial charge in [-0.25, -0.2) is 4.98 Å². The summed E-state index contributed by atoms with van der Waals surface area (Å²) in [5, 5.41) is 3.33. The van der Waals surface area contributed by atoms with Gasteiger partial charge in [0.25, 0.3) is 0 Å². The number of esters is 1. The number of aromatic nitrogens is 2. The second kappa shape index (κ2) is 6.51. The Kier molecular flexibility index (Phi) is 5.24. The van der Waals surface area contributed by atoms with Crippen molar-refractivity contribution >= 4 is 51.2 Å². The van der Waals surface area contributed by atoms with Gasteiger partial charge in [0, 0.05) is 6.04 Å². The van der Waals surface area contributed by atoms with Crippen LogP contribution in [0.1, 0.15) is 19.8 Å². The lowest BCUT2D eigenvalue weighted by Crippen LogP contribution is -2.42. The number of hydrogen-bond donors (Lipinski definition) is 1. The maximum Gasteiger partial charge on any atom is 0.324 e. The van der Waals surface area contributed by atoms with E-state index >= 15 is 0 Å². The van der Waals surface area contributed by atoms with Crippen molar-refractivity contribution in [1.82, 2.24) is 14.9 Å². The largest absolute Gasteiger partial charge is 0.465 e. The van der Waals surface area contributed by atoms with E-state index in [2.05, 4.69) is 55.5 Å². The Bertz CT molecular complexity index is 432. The van der Waals surface area contributed by atoms with Crippen molar-refractivity contribution in [2.75, 3.05) is 6.61 Å². The van der Waals surface area contributed by atoms with Crippen LogP contribution in [-0.2, 0) is 16.1 Å². The van der Waals surface area contributed by atoms with Crippen LogP contribution in [0.25, 0.3) is 0 Å². The number of halogens is 2. The van der Waals surface area contributed by atoms with E-state index in [0.717, 1.165) is 20.2 Å². The lowest BCUT2D eigenvalue weighted by molar-refractivity contribution is -0.146. The third-order valence-electron chi connectivity index (χ3n) is 2.70. The Morgan fingerprint density at radius 2 is 2.39 bits per heavy atom. The van der Waals surface area contributed by atoms with E-state index in [9.17, 15) is 4.79 Å². The molecule has 0 aliphatic heterocycles. The topological polar surface area (TPSA) is 56.2 Å². The third kappa shape index (κ3) is 3.80. The van der Waals surface area contributed by atoms with Gasteiger partial charge in [-0.05, 0) is 64.9 Å². The molecule has 0 aromatic carbocycles. The van der Waals surface area contributed by atoms with Crippen LogP contribution in [0.2, 0.25) is 0 Å². The van der Waals surface area contributed by atoms with Crippen molar-refractivity contribution in [3.8, 4) is 0 Å². The Hall–Kier alpha value is 0.100. The first-order chi connectivity index (χ1) is 8.61. The average molecular weight is 475 g/mol. The van der Waals surface area contributed by atoms with Crippen LogP contribution < -0.4 is 5.32 Å². The number of hydrogen-bond acceptors (Lipinski definition) is 4. The maximum absolute atomic E-state index is 11.9. The quantitative estimate of drug-likeness (QED) is 0.504. The van der Waals surface area contributed by atoms with Gasteiger partial charge >= 0.3 is 5.97 Å². The summed E-state index contributed by atoms with van der Waals surface area (Å²) in [6.45, 7) is 2.82. The van der Waals surface area contributed by atoms with Crippen molar-refractivity contribution in [3.63, 3.8) is 0 Å². The van der Waals surface area contributed by atoms with Crippen LogP contribution in [0, 0.1) is 7.40 Å². The second-order valence-electron chi connectivity index (χ2n) is 4.22. The fourth-order valence-corrected chi connectivity index (χ4v) is 2.53. The Balaban J connectivity index is 2.03. The zero-order chi connectivity index (χ0) is 13.1. The predicted octanol–water partition coefficient (Wildman–Crippen LogP) is 1.78. The van der Waals surface area contributed by atoms with Gasteiger partial charge in [-0.2, -0.15) is 0 Å². The molecule has 1 aromatic rings. The highest BCUT2D eigenvalue weighted by atomic mass is 127. The average Bonchev–Trinajstić information content (AvgIpc) is 3.10. The summed E-state index contributed by atoms with van der Waals surface area (Å²) < 4.78 is 9.11. The summed E-state index contributed by atoms with van der Waals surface area (Å²) in [6, 6.07) is 0.190. The van der Waals surface area contributed by atoms with Gasteiger partial charge in [0.1, 0.15) is 13.4 Å². The van der Waals surface area contributed by atoms with Crippen molar-refractivity contribution in [2.24, 2.45) is 0 Å². The predicted molar refractivity (Wildman–Crippen MR) is 84.2 cm³/mol. The summed E-state index contributed by atoms with van der Waals surface area (Å²) in [6.07, 6.45) is 4.06. The molecule has 18 heavy (non-hydrogen) atoms. The van der Waals surface area contributed by atoms with E-state index in [-0.39, 0.29) is 12.0 Å². The standard InChI is InChI=1S/C11H15I2N3O2/c1-2-18-11(17)8(15-7-3-4-7)5-16-6-14-9(12)10(16)13/h6-8,15H,2-5H2,1H3. The first-order valence-corrected chi connectivity index (χ1v) is 8.06. The SMILES string of the molecule is CCOC(=O)C(Cn1cnc(I)c1I)NC1CC1. The number of imidazole rings is 1. The number of nitrogens with zero attached hydrogens (tertiary/aromatic N) is 2. The highest BCUT2D eigenvalue weighted by Crippen LogP contribution is 2.20. The highest BCUT2D eigenvalue weighted by molar-refractivity contribution is 14.1. The summed E-state index contributed by atoms with van der Waals surface area (Å²) in [5.41, 5.74) is 0. The van der Waals surface area contributed by atoms with Crippen LogP contribution in [0.15, 0.2) is 6.33 Å². The Morgan fingerprint density at radius 3 is 2.89 bits per heavy atom. The molecule has 1 saturated carbocycles. The van der Waals surface area contributed by atoms with Gasteiger partial charge in [-0.3, -0.25) is 4.79 Å². The van der Waals surface area contributed by atoms with Crippen molar-refractivity contribution in [3.05, 3.63) is 13.7 Å². The molecule has 1 heterocycles. The molecule has 1 N–H and O–H groups in total. The van der Waals surface area contributed by atoms with Gasteiger partial charge in [-0.1, -0.05) is 0 Å². The van der Waals surface area contributed by atoms with Crippen molar-refractivity contribution < 1.29 is 9.53 Å². The molecule has 1 unspecified atom stereocenters. The molecule has 0 saturated heterocycles. The zero-order valence-corrected chi connectivity index (χ0v) is 14.3. The van der Waals surface area contributed by atoms with Gasteiger partial charge in [0.05, 0.1) is 19.5 Å². The van der Waals surface area contributed by atoms with Gasteiger partial charge < -0.3 is 14.6 Å². The fourth-order valence-electron chi connectivity index (χ4n) is 1.64. The minimum atomic E-state index is -0.282. The van der Waals surface area contributed by atoms with E-state index in [4.69, 9.17) is 4.74 Å². The van der Waals surface area contributed by atoms with Gasteiger partial charge in [-0.15, -0.1) is 0 Å². The summed E-state index contributed by atoms with van der Waals surface area (Å²) in [4.78, 5) is 16.1. The molecule has 100 valence electrons. The molecule has 7 heteroatoms. The lowest BCUT2D eigenvalue weighted by atomic mass is 10.3. The van der Waals surface area contributed by atoms with E-state index in [1.165, 1.54) is 0 Å². The zero-order valence-electron chi connectivity index (χ0n) is 10.0. The summed E-state index contributed by atoms with van der Waals surface area (Å²) in [7, 11) is 0. The second-order valence-corrected chi connectivity index (χ2v) is 6.27. The van der Waals surface area contributed by atoms with Crippen LogP contribution in [0.4, 0.5) is 0 Å². The summed E-state index contributed by atoms with van der Waals surface area (Å²) in [5.74, 6) is -0.177. The van der Waals surface area contributed by atoms with E-state index in [1.54, 1.807) is 6.33 Å². The minimum Gasteiger partial charge on any atom is -0.465 e. The first kappa shape index (κ1) is 14.5. The van der Waals surface area contributed by atoms with Crippen LogP contribution in [-0.4, -0.2) is 34.2 Å². The molecule has 0 bridgehead atoms. The third-order valence-corrected chi connectivity index (χ3v) is 5.65. The molecule has 0 radical (unpaired) electrons. The first-order valence-electron chi connectivity index (χ1n) is 5.90. The minimum absolute atomic E-state index is 0.177. The smallest absolute Gasteiger partial charge is 0.324 e. The maximum atomic E-state index is 11.9. The van der Waals surface area contributed by atoms with E-state index in [1.807, 2.05) is 11.5 Å². The van der Waals surface area contributed by atoms with Crippen LogP contribution in [0.5, 0.6) is 0 Å². The molecule has 1 aromatic heterocycles. The lowest BCUT2D eigenvalue weighted by Gasteiger charge is -2.17. The molecule has 1 atom stereocenters. The summed E-state index contributed by atoms with van der Waals surface area (Å²) >= 11 is 4.43. The van der Waals surface area contributed by atoms with Gasteiger partial charge in [0.2, 0.25) is 0 Å². The van der Waals surface area contributed by atoms with Crippen molar-refractivity contribution in [2.45, 2.75) is 38.4 Å². The van der Waals surface area contributed by atoms with Crippen LogP contribution in [0.3, 0.4) is 0 Å². The van der Waals surface area contributed by atoms with E-state index in [0.29, 0.717) is 19.2 Å². The molecule has 0 spiro atoms. The molecule has 2 rings (SSSR count). The van der Waals surface area contributed by atoms with Gasteiger partial charge in [0.15, 0.2) is 0 Å². The molecule has 0 amide bonds. The van der Waals surface area contributed by atoms with Crippen LogP contribution >= 0.6 is 45.2 Å². The number of nitrogens with one attached hydrogen (secondary N) is 1. The highest BCUT2D eigenvalue weighted by Gasteiger charge is 2.29. The van der Waals surface area contributed by atoms with Crippen molar-refractivity contribution in [1.29, 1.82) is 0 Å². The number of ether oxygens (including phenoxy) is 1. The molecule has 1 fully saturated rings. The Morgan fingerprint density at radius 1 is 1.67 bits per heavy atom. The molecular formula is C11H15I2N3O2. The molecular weight excluding hydrogens is 460 g/mol. The molecule has 1 aliphatic rings. The number of carbonyl (C=O) groups is 1.